The predicted molar refractivity (Wildman–Crippen MR) is 58.1 cm³/mol. The zero-order valence-electron chi connectivity index (χ0n) is 8.21. The fourth-order valence-corrected chi connectivity index (χ4v) is 1.72. The lowest BCUT2D eigenvalue weighted by molar-refractivity contribution is 0.0996. The van der Waals surface area contributed by atoms with Crippen LogP contribution in [-0.4, -0.2) is 19.5 Å². The highest BCUT2D eigenvalue weighted by Crippen LogP contribution is 2.20. The molecule has 0 saturated carbocycles. The van der Waals surface area contributed by atoms with Crippen LogP contribution >= 0.6 is 11.6 Å². The number of nitrogens with one attached hydrogen (secondary N) is 1. The molecule has 0 radical (unpaired) electrons. The van der Waals surface area contributed by atoms with E-state index >= 15 is 0 Å². The molecular formula is C8H7ClF2N2O3S. The second kappa shape index (κ2) is 4.84. The van der Waals surface area contributed by atoms with E-state index in [1.54, 1.807) is 4.72 Å². The molecule has 0 aromatic heterocycles. The van der Waals surface area contributed by atoms with Gasteiger partial charge in [0.2, 0.25) is 10.0 Å². The molecule has 1 aromatic carbocycles. The van der Waals surface area contributed by atoms with Gasteiger partial charge >= 0.3 is 0 Å². The number of hydrogen-bond acceptors (Lipinski definition) is 3. The Labute approximate surface area is 101 Å². The van der Waals surface area contributed by atoms with Crippen LogP contribution in [0.1, 0.15) is 10.4 Å². The zero-order chi connectivity index (χ0) is 13.2. The van der Waals surface area contributed by atoms with Crippen molar-refractivity contribution >= 4 is 33.2 Å². The Balaban J connectivity index is 3.26. The van der Waals surface area contributed by atoms with Gasteiger partial charge in [0.15, 0.2) is 0 Å². The summed E-state index contributed by atoms with van der Waals surface area (Å²) in [5.74, 6) is -3.50. The Bertz CT molecular complexity index is 562. The third-order valence-electron chi connectivity index (χ3n) is 1.73. The van der Waals surface area contributed by atoms with Gasteiger partial charge < -0.3 is 5.73 Å². The fourth-order valence-electron chi connectivity index (χ4n) is 1.01. The smallest absolute Gasteiger partial charge is 0.251 e. The summed E-state index contributed by atoms with van der Waals surface area (Å²) in [6.07, 6.45) is 0. The first kappa shape index (κ1) is 13.7. The normalized spacial score (nSPS) is 11.2. The first-order valence-corrected chi connectivity index (χ1v) is 6.31. The summed E-state index contributed by atoms with van der Waals surface area (Å²) in [7, 11) is -3.95. The van der Waals surface area contributed by atoms with Crippen molar-refractivity contribution in [3.8, 4) is 0 Å². The SMILES string of the molecule is NC(=O)c1cc(NS(=O)(=O)CCl)c(F)cc1F. The van der Waals surface area contributed by atoms with Gasteiger partial charge in [-0.05, 0) is 6.07 Å². The monoisotopic (exact) mass is 284 g/mol. The maximum absolute atomic E-state index is 13.2. The Morgan fingerprint density at radius 2 is 1.94 bits per heavy atom. The molecule has 5 nitrogen and oxygen atoms in total. The van der Waals surface area contributed by atoms with Gasteiger partial charge in [0, 0.05) is 6.07 Å². The number of hydrogen-bond donors (Lipinski definition) is 2. The van der Waals surface area contributed by atoms with Gasteiger partial charge in [0.05, 0.1) is 11.3 Å². The van der Waals surface area contributed by atoms with Gasteiger partial charge in [-0.25, -0.2) is 17.2 Å². The maximum Gasteiger partial charge on any atom is 0.251 e. The molecule has 0 unspecified atom stereocenters. The molecule has 0 atom stereocenters. The summed E-state index contributed by atoms with van der Waals surface area (Å²) in [5.41, 5.74) is 3.60. The van der Waals surface area contributed by atoms with E-state index < -0.39 is 44.0 Å². The molecule has 3 N–H and O–H groups in total. The largest absolute Gasteiger partial charge is 0.366 e. The third kappa shape index (κ3) is 3.27. The summed E-state index contributed by atoms with van der Waals surface area (Å²) in [6.45, 7) is 0. The summed E-state index contributed by atoms with van der Waals surface area (Å²) >= 11 is 5.09. The molecule has 0 heterocycles. The van der Waals surface area contributed by atoms with Crippen LogP contribution < -0.4 is 10.5 Å². The number of alkyl halides is 1. The quantitative estimate of drug-likeness (QED) is 0.808. The molecule has 0 aliphatic carbocycles. The number of carbonyl (C=O) groups is 1. The molecule has 0 aliphatic rings. The van der Waals surface area contributed by atoms with Gasteiger partial charge in [-0.3, -0.25) is 9.52 Å². The summed E-state index contributed by atoms with van der Waals surface area (Å²) < 4.78 is 50.1. The van der Waals surface area contributed by atoms with Gasteiger partial charge in [-0.2, -0.15) is 0 Å². The average Bonchev–Trinajstić information content (AvgIpc) is 2.21. The molecule has 17 heavy (non-hydrogen) atoms. The highest BCUT2D eigenvalue weighted by molar-refractivity contribution is 7.93. The molecule has 0 fully saturated rings. The van der Waals surface area contributed by atoms with Crippen LogP contribution in [-0.2, 0) is 10.0 Å². The highest BCUT2D eigenvalue weighted by Gasteiger charge is 2.17. The predicted octanol–water partition coefficient (Wildman–Crippen LogP) is 1.00. The number of carbonyl (C=O) groups excluding carboxylic acids is 1. The Kier molecular flexibility index (Phi) is 3.89. The molecular weight excluding hydrogens is 278 g/mol. The Hall–Kier alpha value is -1.41. The number of halogens is 3. The van der Waals surface area contributed by atoms with Gasteiger partial charge in [0.1, 0.15) is 16.8 Å². The lowest BCUT2D eigenvalue weighted by Gasteiger charge is -2.08. The number of nitrogens with two attached hydrogens (primary N) is 1. The minimum Gasteiger partial charge on any atom is -0.366 e. The van der Waals surface area contributed by atoms with Crippen molar-refractivity contribution in [1.29, 1.82) is 0 Å². The number of amides is 1. The molecule has 0 saturated heterocycles. The standard InChI is InChI=1S/C8H7ClF2N2O3S/c9-3-17(15,16)13-7-1-4(8(12)14)5(10)2-6(7)11/h1-2,13H,3H2,(H2,12,14). The molecule has 1 amide bonds. The van der Waals surface area contributed by atoms with Gasteiger partial charge in [0.25, 0.3) is 5.91 Å². The molecule has 0 bridgehead atoms. The summed E-state index contributed by atoms with van der Waals surface area (Å²) in [5, 5.41) is -0.810. The van der Waals surface area contributed by atoms with Crippen molar-refractivity contribution in [3.05, 3.63) is 29.3 Å². The first-order valence-electron chi connectivity index (χ1n) is 4.12. The highest BCUT2D eigenvalue weighted by atomic mass is 35.5. The van der Waals surface area contributed by atoms with E-state index in [-0.39, 0.29) is 0 Å². The van der Waals surface area contributed by atoms with E-state index in [1.807, 2.05) is 0 Å². The van der Waals surface area contributed by atoms with Crippen molar-refractivity contribution < 1.29 is 22.0 Å². The van der Waals surface area contributed by atoms with Crippen molar-refractivity contribution in [2.24, 2.45) is 5.73 Å². The van der Waals surface area contributed by atoms with Crippen LogP contribution in [0.3, 0.4) is 0 Å². The number of benzene rings is 1. The van der Waals surface area contributed by atoms with E-state index in [1.165, 1.54) is 0 Å². The lowest BCUT2D eigenvalue weighted by Crippen LogP contribution is -2.18. The van der Waals surface area contributed by atoms with Crippen LogP contribution in [0.25, 0.3) is 0 Å². The molecule has 9 heteroatoms. The van der Waals surface area contributed by atoms with E-state index in [0.29, 0.717) is 12.1 Å². The number of anilines is 1. The van der Waals surface area contributed by atoms with E-state index in [9.17, 15) is 22.0 Å². The van der Waals surface area contributed by atoms with Crippen molar-refractivity contribution in [2.75, 3.05) is 9.93 Å². The second-order valence-corrected chi connectivity index (χ2v) is 5.31. The van der Waals surface area contributed by atoms with Gasteiger partial charge in [-0.1, -0.05) is 0 Å². The first-order chi connectivity index (χ1) is 7.76. The van der Waals surface area contributed by atoms with Crippen LogP contribution in [0, 0.1) is 11.6 Å². The average molecular weight is 285 g/mol. The molecule has 1 rings (SSSR count). The van der Waals surface area contributed by atoms with Crippen LogP contribution in [0.4, 0.5) is 14.5 Å². The van der Waals surface area contributed by atoms with Crippen LogP contribution in [0.15, 0.2) is 12.1 Å². The van der Waals surface area contributed by atoms with Gasteiger partial charge in [-0.15, -0.1) is 11.6 Å². The molecule has 1 aromatic rings. The lowest BCUT2D eigenvalue weighted by atomic mass is 10.2. The minimum atomic E-state index is -3.95. The van der Waals surface area contributed by atoms with E-state index in [0.717, 1.165) is 0 Å². The van der Waals surface area contributed by atoms with E-state index in [2.05, 4.69) is 0 Å². The van der Waals surface area contributed by atoms with Crippen LogP contribution in [0.2, 0.25) is 0 Å². The van der Waals surface area contributed by atoms with Crippen LogP contribution in [0.5, 0.6) is 0 Å². The topological polar surface area (TPSA) is 89.3 Å². The summed E-state index contributed by atoms with van der Waals surface area (Å²) in [4.78, 5) is 10.8. The molecule has 0 spiro atoms. The molecule has 0 aliphatic heterocycles. The Morgan fingerprint density at radius 1 is 1.35 bits per heavy atom. The Morgan fingerprint density at radius 3 is 2.41 bits per heavy atom. The van der Waals surface area contributed by atoms with Crippen molar-refractivity contribution in [1.82, 2.24) is 0 Å². The maximum atomic E-state index is 13.2. The second-order valence-electron chi connectivity index (χ2n) is 3.00. The zero-order valence-corrected chi connectivity index (χ0v) is 9.78. The minimum absolute atomic E-state index is 0.353. The molecule has 94 valence electrons. The number of primary amides is 1. The third-order valence-corrected chi connectivity index (χ3v) is 3.41. The number of sulfonamides is 1. The van der Waals surface area contributed by atoms with Crippen molar-refractivity contribution in [3.63, 3.8) is 0 Å². The van der Waals surface area contributed by atoms with E-state index in [4.69, 9.17) is 17.3 Å². The fraction of sp³-hybridized carbons (Fsp3) is 0.125. The summed E-state index contributed by atoms with van der Waals surface area (Å²) in [6, 6.07) is 1.02. The van der Waals surface area contributed by atoms with Crippen molar-refractivity contribution in [2.45, 2.75) is 0 Å². The number of rotatable bonds is 4.